The summed E-state index contributed by atoms with van der Waals surface area (Å²) in [5, 5.41) is 4.74. The van der Waals surface area contributed by atoms with E-state index in [1.165, 1.54) is 11.8 Å². The molecule has 0 aliphatic heterocycles. The quantitative estimate of drug-likeness (QED) is 0.246. The molecule has 2 aromatic heterocycles. The molecule has 9 nitrogen and oxygen atoms in total. The van der Waals surface area contributed by atoms with Crippen molar-refractivity contribution in [3.8, 4) is 40.1 Å². The van der Waals surface area contributed by atoms with Crippen LogP contribution in [0.1, 0.15) is 24.6 Å². The van der Waals surface area contributed by atoms with Gasteiger partial charge in [0.2, 0.25) is 11.6 Å². The molecular weight excluding hydrogens is 468 g/mol. The maximum absolute atomic E-state index is 11.9. The third-order valence-electron chi connectivity index (χ3n) is 5.20. The van der Waals surface area contributed by atoms with Crippen molar-refractivity contribution in [2.24, 2.45) is 0 Å². The van der Waals surface area contributed by atoms with Crippen LogP contribution in [0.15, 0.2) is 56.9 Å². The van der Waals surface area contributed by atoms with Gasteiger partial charge in [0, 0.05) is 28.6 Å². The van der Waals surface area contributed by atoms with Crippen LogP contribution < -0.4 is 19.8 Å². The average Bonchev–Trinajstić information content (AvgIpc) is 3.37. The fourth-order valence-electron chi connectivity index (χ4n) is 3.50. The monoisotopic (exact) mass is 494 g/mol. The summed E-state index contributed by atoms with van der Waals surface area (Å²) in [6.07, 6.45) is 1.73. The number of H-pyrrole nitrogens is 1. The fraction of sp³-hybridized carbons (Fsp3) is 0.280. The molecule has 4 rings (SSSR count). The lowest BCUT2D eigenvalue weighted by atomic mass is 10.1. The fourth-order valence-corrected chi connectivity index (χ4v) is 4.35. The van der Waals surface area contributed by atoms with Gasteiger partial charge in [-0.25, -0.2) is 4.98 Å². The first-order valence-corrected chi connectivity index (χ1v) is 12.0. The van der Waals surface area contributed by atoms with E-state index >= 15 is 0 Å². The van der Waals surface area contributed by atoms with Crippen LogP contribution in [0.2, 0.25) is 0 Å². The van der Waals surface area contributed by atoms with Crippen LogP contribution in [-0.4, -0.2) is 41.4 Å². The second-order valence-corrected chi connectivity index (χ2v) is 8.58. The van der Waals surface area contributed by atoms with Gasteiger partial charge in [0.25, 0.3) is 11.4 Å². The third-order valence-corrected chi connectivity index (χ3v) is 6.15. The van der Waals surface area contributed by atoms with E-state index in [2.05, 4.69) is 27.0 Å². The Labute approximate surface area is 206 Å². The SMILES string of the molecule is CCCc1cc(=O)[nH]c(SCc2ccc(-c3nc(-c4cc(OC)c(OC)c(OC)c4)no3)cc2)n1. The first kappa shape index (κ1) is 24.3. The summed E-state index contributed by atoms with van der Waals surface area (Å²) in [6, 6.07) is 12.9. The molecule has 0 aliphatic rings. The van der Waals surface area contributed by atoms with Gasteiger partial charge < -0.3 is 23.7 Å². The number of aromatic amines is 1. The molecule has 1 N–H and O–H groups in total. The number of hydrogen-bond acceptors (Lipinski definition) is 9. The number of nitrogens with zero attached hydrogens (tertiary/aromatic N) is 3. The maximum Gasteiger partial charge on any atom is 0.258 e. The molecule has 0 atom stereocenters. The van der Waals surface area contributed by atoms with E-state index in [-0.39, 0.29) is 5.56 Å². The second-order valence-electron chi connectivity index (χ2n) is 7.61. The van der Waals surface area contributed by atoms with E-state index in [1.54, 1.807) is 39.5 Å². The van der Waals surface area contributed by atoms with Gasteiger partial charge in [-0.1, -0.05) is 42.4 Å². The number of thioether (sulfide) groups is 1. The summed E-state index contributed by atoms with van der Waals surface area (Å²) >= 11 is 1.49. The van der Waals surface area contributed by atoms with Crippen LogP contribution in [0.25, 0.3) is 22.8 Å². The van der Waals surface area contributed by atoms with Crippen LogP contribution >= 0.6 is 11.8 Å². The maximum atomic E-state index is 11.9. The van der Waals surface area contributed by atoms with Gasteiger partial charge in [-0.3, -0.25) is 4.79 Å². The van der Waals surface area contributed by atoms with Crippen LogP contribution in [-0.2, 0) is 12.2 Å². The number of aryl methyl sites for hydroxylation is 1. The van der Waals surface area contributed by atoms with Crippen LogP contribution in [0, 0.1) is 0 Å². The number of benzene rings is 2. The molecule has 2 heterocycles. The van der Waals surface area contributed by atoms with Gasteiger partial charge >= 0.3 is 0 Å². The molecule has 0 saturated carbocycles. The molecule has 2 aromatic carbocycles. The highest BCUT2D eigenvalue weighted by Crippen LogP contribution is 2.40. The lowest BCUT2D eigenvalue weighted by Crippen LogP contribution is -2.09. The molecular formula is C25H26N4O5S. The third kappa shape index (κ3) is 5.65. The molecule has 0 radical (unpaired) electrons. The summed E-state index contributed by atoms with van der Waals surface area (Å²) < 4.78 is 21.7. The van der Waals surface area contributed by atoms with Gasteiger partial charge in [-0.2, -0.15) is 4.98 Å². The summed E-state index contributed by atoms with van der Waals surface area (Å²) in [5.41, 5.74) is 3.23. The number of rotatable bonds is 10. The minimum atomic E-state index is -0.124. The number of nitrogens with one attached hydrogen (secondary N) is 1. The number of hydrogen-bond donors (Lipinski definition) is 1. The first-order chi connectivity index (χ1) is 17.0. The Morgan fingerprint density at radius 1 is 0.943 bits per heavy atom. The van der Waals surface area contributed by atoms with Crippen molar-refractivity contribution in [2.75, 3.05) is 21.3 Å². The number of aromatic nitrogens is 4. The van der Waals surface area contributed by atoms with Crippen molar-refractivity contribution in [1.29, 1.82) is 0 Å². The Morgan fingerprint density at radius 2 is 1.66 bits per heavy atom. The van der Waals surface area contributed by atoms with E-state index in [4.69, 9.17) is 18.7 Å². The molecule has 0 amide bonds. The van der Waals surface area contributed by atoms with Crippen molar-refractivity contribution in [1.82, 2.24) is 20.1 Å². The minimum Gasteiger partial charge on any atom is -0.493 e. The molecule has 35 heavy (non-hydrogen) atoms. The molecule has 0 bridgehead atoms. The Kier molecular flexibility index (Phi) is 7.71. The molecule has 0 aliphatic carbocycles. The first-order valence-electron chi connectivity index (χ1n) is 11.0. The number of ether oxygens (including phenoxy) is 3. The molecule has 0 saturated heterocycles. The Bertz CT molecular complexity index is 1330. The van der Waals surface area contributed by atoms with Gasteiger partial charge in [0.1, 0.15) is 0 Å². The highest BCUT2D eigenvalue weighted by atomic mass is 32.2. The molecule has 0 unspecified atom stereocenters. The summed E-state index contributed by atoms with van der Waals surface area (Å²) in [7, 11) is 4.66. The Balaban J connectivity index is 1.49. The molecule has 182 valence electrons. The molecule has 0 spiro atoms. The van der Waals surface area contributed by atoms with Gasteiger partial charge in [0.05, 0.1) is 21.3 Å². The van der Waals surface area contributed by atoms with Crippen LogP contribution in [0.3, 0.4) is 0 Å². The zero-order valence-electron chi connectivity index (χ0n) is 20.0. The summed E-state index contributed by atoms with van der Waals surface area (Å²) in [4.78, 5) is 23.7. The zero-order valence-corrected chi connectivity index (χ0v) is 20.8. The average molecular weight is 495 g/mol. The van der Waals surface area contributed by atoms with Crippen LogP contribution in [0.4, 0.5) is 0 Å². The van der Waals surface area contributed by atoms with E-state index in [0.29, 0.717) is 45.4 Å². The molecule has 10 heteroatoms. The van der Waals surface area contributed by atoms with Gasteiger partial charge in [-0.15, -0.1) is 0 Å². The largest absolute Gasteiger partial charge is 0.493 e. The zero-order chi connectivity index (χ0) is 24.8. The highest BCUT2D eigenvalue weighted by Gasteiger charge is 2.18. The van der Waals surface area contributed by atoms with E-state index in [9.17, 15) is 4.79 Å². The molecule has 4 aromatic rings. The topological polar surface area (TPSA) is 112 Å². The normalized spacial score (nSPS) is 10.9. The predicted octanol–water partition coefficient (Wildman–Crippen LogP) is 4.76. The van der Waals surface area contributed by atoms with Gasteiger partial charge in [-0.05, 0) is 36.2 Å². The Hall–Kier alpha value is -3.79. The predicted molar refractivity (Wildman–Crippen MR) is 133 cm³/mol. The molecule has 0 fully saturated rings. The van der Waals surface area contributed by atoms with Crippen molar-refractivity contribution < 1.29 is 18.7 Å². The second kappa shape index (κ2) is 11.1. The van der Waals surface area contributed by atoms with E-state index in [0.717, 1.165) is 29.7 Å². The van der Waals surface area contributed by atoms with Gasteiger partial charge in [0.15, 0.2) is 16.7 Å². The van der Waals surface area contributed by atoms with Crippen molar-refractivity contribution in [2.45, 2.75) is 30.7 Å². The van der Waals surface area contributed by atoms with E-state index in [1.807, 2.05) is 24.3 Å². The van der Waals surface area contributed by atoms with Crippen molar-refractivity contribution >= 4 is 11.8 Å². The standard InChI is InChI=1S/C25H26N4O5S/c1-5-6-18-13-21(30)27-25(26-18)35-14-15-7-9-16(10-8-15)24-28-23(29-34-24)17-11-19(31-2)22(33-4)20(12-17)32-3/h7-13H,5-6,14H2,1-4H3,(H,26,27,30). The van der Waals surface area contributed by atoms with Crippen molar-refractivity contribution in [3.05, 3.63) is 64.1 Å². The van der Waals surface area contributed by atoms with E-state index < -0.39 is 0 Å². The lowest BCUT2D eigenvalue weighted by Gasteiger charge is -2.12. The van der Waals surface area contributed by atoms with Crippen LogP contribution in [0.5, 0.6) is 17.2 Å². The Morgan fingerprint density at radius 3 is 2.29 bits per heavy atom. The summed E-state index contributed by atoms with van der Waals surface area (Å²) in [6.45, 7) is 2.06. The highest BCUT2D eigenvalue weighted by molar-refractivity contribution is 7.98. The minimum absolute atomic E-state index is 0.124. The lowest BCUT2D eigenvalue weighted by molar-refractivity contribution is 0.324. The number of methoxy groups -OCH3 is 3. The smallest absolute Gasteiger partial charge is 0.258 e. The summed E-state index contributed by atoms with van der Waals surface area (Å²) in [5.74, 6) is 2.97. The van der Waals surface area contributed by atoms with Crippen molar-refractivity contribution in [3.63, 3.8) is 0 Å².